The number of carbonyl (C=O) groups excluding carboxylic acids is 1. The molecule has 9 nitrogen and oxygen atoms in total. The van der Waals surface area contributed by atoms with Gasteiger partial charge in [-0.1, -0.05) is 18.2 Å². The Morgan fingerprint density at radius 2 is 1.98 bits per heavy atom. The second-order valence-corrected chi connectivity index (χ2v) is 10.7. The second-order valence-electron chi connectivity index (χ2n) is 10.7. The summed E-state index contributed by atoms with van der Waals surface area (Å²) in [6, 6.07) is 18.2. The number of hydrogen-bond donors (Lipinski definition) is 1. The van der Waals surface area contributed by atoms with Gasteiger partial charge in [0.15, 0.2) is 5.82 Å². The molecule has 6 rings (SSSR count). The molecule has 0 saturated heterocycles. The minimum Gasteiger partial charge on any atom is -0.383 e. The van der Waals surface area contributed by atoms with Crippen LogP contribution >= 0.6 is 0 Å². The highest BCUT2D eigenvalue weighted by Crippen LogP contribution is 2.43. The predicted octanol–water partition coefficient (Wildman–Crippen LogP) is 4.58. The molecule has 1 amide bonds. The van der Waals surface area contributed by atoms with Crippen molar-refractivity contribution in [1.29, 1.82) is 5.26 Å². The molecule has 0 radical (unpaired) electrons. The molecule has 9 heteroatoms. The van der Waals surface area contributed by atoms with Gasteiger partial charge in [0.2, 0.25) is 0 Å². The van der Waals surface area contributed by atoms with Crippen molar-refractivity contribution in [3.05, 3.63) is 82.8 Å². The number of carbonyl (C=O) groups is 1. The van der Waals surface area contributed by atoms with Crippen LogP contribution in [0.3, 0.4) is 0 Å². The largest absolute Gasteiger partial charge is 0.383 e. The van der Waals surface area contributed by atoms with Crippen molar-refractivity contribution in [1.82, 2.24) is 25.1 Å². The number of methoxy groups -OCH3 is 1. The summed E-state index contributed by atoms with van der Waals surface area (Å²) in [5.74, 6) is 1.66. The zero-order valence-corrected chi connectivity index (χ0v) is 22.9. The Morgan fingerprint density at radius 3 is 2.70 bits per heavy atom. The van der Waals surface area contributed by atoms with Gasteiger partial charge in [-0.3, -0.25) is 9.69 Å². The summed E-state index contributed by atoms with van der Waals surface area (Å²) in [4.78, 5) is 20.5. The van der Waals surface area contributed by atoms with Gasteiger partial charge in [-0.2, -0.15) is 5.26 Å². The molecule has 1 N–H and O–H groups in total. The summed E-state index contributed by atoms with van der Waals surface area (Å²) in [6.45, 7) is 3.84. The molecule has 2 aromatic carbocycles. The lowest BCUT2D eigenvalue weighted by atomic mass is 9.96. The number of fused-ring (bicyclic) bond motifs is 1. The van der Waals surface area contributed by atoms with Crippen molar-refractivity contribution in [2.45, 2.75) is 44.8 Å². The Bertz CT molecular complexity index is 1630. The zero-order valence-electron chi connectivity index (χ0n) is 22.9. The van der Waals surface area contributed by atoms with Crippen molar-refractivity contribution in [2.75, 3.05) is 18.6 Å². The van der Waals surface area contributed by atoms with Crippen LogP contribution < -0.4 is 10.2 Å². The molecule has 1 atom stereocenters. The van der Waals surface area contributed by atoms with E-state index in [2.05, 4.69) is 40.6 Å². The monoisotopic (exact) mass is 533 g/mol. The van der Waals surface area contributed by atoms with Crippen LogP contribution in [0.15, 0.2) is 54.9 Å². The summed E-state index contributed by atoms with van der Waals surface area (Å²) in [6.07, 6.45) is 3.82. The van der Waals surface area contributed by atoms with E-state index in [1.165, 1.54) is 0 Å². The van der Waals surface area contributed by atoms with Gasteiger partial charge in [0, 0.05) is 49.5 Å². The van der Waals surface area contributed by atoms with Crippen LogP contribution in [0.4, 0.5) is 5.82 Å². The van der Waals surface area contributed by atoms with Gasteiger partial charge in [0.05, 0.1) is 24.8 Å². The van der Waals surface area contributed by atoms with Crippen LogP contribution in [0.2, 0.25) is 0 Å². The first-order valence-corrected chi connectivity index (χ1v) is 13.5. The molecule has 40 heavy (non-hydrogen) atoms. The summed E-state index contributed by atoms with van der Waals surface area (Å²) < 4.78 is 7.05. The molecule has 2 aliphatic rings. The highest BCUT2D eigenvalue weighted by atomic mass is 16.5. The summed E-state index contributed by atoms with van der Waals surface area (Å²) in [7, 11) is 3.57. The molecule has 0 unspecified atom stereocenters. The van der Waals surface area contributed by atoms with Gasteiger partial charge in [-0.05, 0) is 72.4 Å². The highest BCUT2D eigenvalue weighted by molar-refractivity contribution is 6.10. The first-order chi connectivity index (χ1) is 19.4. The van der Waals surface area contributed by atoms with E-state index in [0.29, 0.717) is 42.8 Å². The smallest absolute Gasteiger partial charge is 0.260 e. The average molecular weight is 534 g/mol. The number of pyridine rings is 1. The van der Waals surface area contributed by atoms with E-state index < -0.39 is 0 Å². The number of nitriles is 1. The molecular weight excluding hydrogens is 502 g/mol. The number of nitrogens with one attached hydrogen (secondary N) is 1. The van der Waals surface area contributed by atoms with E-state index >= 15 is 0 Å². The third-order valence-electron chi connectivity index (χ3n) is 7.57. The first kappa shape index (κ1) is 25.9. The quantitative estimate of drug-likeness (QED) is 0.335. The first-order valence-electron chi connectivity index (χ1n) is 13.5. The number of nitrogens with zero attached hydrogens (tertiary/aromatic N) is 6. The zero-order chi connectivity index (χ0) is 27.8. The van der Waals surface area contributed by atoms with E-state index in [-0.39, 0.29) is 11.9 Å². The van der Waals surface area contributed by atoms with Gasteiger partial charge in [0.1, 0.15) is 12.1 Å². The van der Waals surface area contributed by atoms with Crippen molar-refractivity contribution >= 4 is 11.7 Å². The van der Waals surface area contributed by atoms with Crippen LogP contribution in [0.1, 0.15) is 58.4 Å². The molecule has 0 bridgehead atoms. The Labute approximate surface area is 233 Å². The Morgan fingerprint density at radius 1 is 1.12 bits per heavy atom. The minimum absolute atomic E-state index is 0.0402. The van der Waals surface area contributed by atoms with Gasteiger partial charge in [-0.15, -0.1) is 10.2 Å². The SMILES string of the molecule is COC[C@H](C)NCc1ccc2c(c1)C(=O)N(c1cc(-c3ccc(C#N)cc3-c3nncn3C)cc(C3CC3)n1)C2. The topological polar surface area (TPSA) is 109 Å². The number of anilines is 1. The van der Waals surface area contributed by atoms with Crippen molar-refractivity contribution in [3.63, 3.8) is 0 Å². The standard InChI is InChI=1S/C31H31N7O2/c1-19(17-40-3)33-15-21-4-6-23-16-38(31(39)26(23)11-21)29-13-24(12-28(35-29)22-7-8-22)25-9-5-20(14-32)10-27(25)30-36-34-18-37(30)2/h4-6,9-13,18-19,22,33H,7-8,15-17H2,1-3H3/t19-/m0/s1. The van der Waals surface area contributed by atoms with Crippen LogP contribution in [0, 0.1) is 11.3 Å². The fourth-order valence-electron chi connectivity index (χ4n) is 5.24. The molecule has 1 aliphatic carbocycles. The fraction of sp³-hybridized carbons (Fsp3) is 0.323. The van der Waals surface area contributed by atoms with Gasteiger partial charge < -0.3 is 14.6 Å². The number of aromatic nitrogens is 4. The number of ether oxygens (including phenoxy) is 1. The Hall–Kier alpha value is -4.39. The second kappa shape index (κ2) is 10.6. The normalized spacial score (nSPS) is 15.2. The lowest BCUT2D eigenvalue weighted by Crippen LogP contribution is -2.29. The number of amides is 1. The van der Waals surface area contributed by atoms with E-state index in [0.717, 1.165) is 51.9 Å². The molecule has 1 fully saturated rings. The van der Waals surface area contributed by atoms with Crippen molar-refractivity contribution < 1.29 is 9.53 Å². The summed E-state index contributed by atoms with van der Waals surface area (Å²) in [5.41, 5.74) is 6.98. The third-order valence-corrected chi connectivity index (χ3v) is 7.57. The average Bonchev–Trinajstić information content (AvgIpc) is 3.66. The maximum absolute atomic E-state index is 13.7. The van der Waals surface area contributed by atoms with Crippen LogP contribution in [-0.2, 0) is 24.9 Å². The number of rotatable bonds is 9. The lowest BCUT2D eigenvalue weighted by Gasteiger charge is -2.18. The van der Waals surface area contributed by atoms with E-state index in [1.807, 2.05) is 48.0 Å². The van der Waals surface area contributed by atoms with Crippen LogP contribution in [0.25, 0.3) is 22.5 Å². The Balaban J connectivity index is 1.36. The maximum atomic E-state index is 13.7. The van der Waals surface area contributed by atoms with Gasteiger partial charge >= 0.3 is 0 Å². The molecular formula is C31H31N7O2. The summed E-state index contributed by atoms with van der Waals surface area (Å²) >= 11 is 0. The maximum Gasteiger partial charge on any atom is 0.260 e. The lowest BCUT2D eigenvalue weighted by molar-refractivity contribution is 0.0996. The number of benzene rings is 2. The number of hydrogen-bond acceptors (Lipinski definition) is 7. The Kier molecular flexibility index (Phi) is 6.88. The van der Waals surface area contributed by atoms with E-state index in [4.69, 9.17) is 9.72 Å². The molecule has 0 spiro atoms. The van der Waals surface area contributed by atoms with Gasteiger partial charge in [0.25, 0.3) is 5.91 Å². The van der Waals surface area contributed by atoms with E-state index in [1.54, 1.807) is 18.3 Å². The van der Waals surface area contributed by atoms with E-state index in [9.17, 15) is 10.1 Å². The molecule has 3 heterocycles. The molecule has 202 valence electrons. The molecule has 4 aromatic rings. The highest BCUT2D eigenvalue weighted by Gasteiger charge is 2.32. The van der Waals surface area contributed by atoms with Crippen molar-refractivity contribution in [3.8, 4) is 28.6 Å². The van der Waals surface area contributed by atoms with Crippen LogP contribution in [-0.4, -0.2) is 45.4 Å². The van der Waals surface area contributed by atoms with Gasteiger partial charge in [-0.25, -0.2) is 4.98 Å². The van der Waals surface area contributed by atoms with Crippen LogP contribution in [0.5, 0.6) is 0 Å². The fourth-order valence-corrected chi connectivity index (χ4v) is 5.24. The minimum atomic E-state index is -0.0402. The molecule has 1 saturated carbocycles. The third kappa shape index (κ3) is 4.99. The summed E-state index contributed by atoms with van der Waals surface area (Å²) in [5, 5.41) is 21.4. The number of aryl methyl sites for hydroxylation is 1. The predicted molar refractivity (Wildman–Crippen MR) is 151 cm³/mol. The molecule has 1 aliphatic heterocycles. The molecule has 2 aromatic heterocycles. The van der Waals surface area contributed by atoms with Crippen molar-refractivity contribution in [2.24, 2.45) is 7.05 Å².